The summed E-state index contributed by atoms with van der Waals surface area (Å²) in [7, 11) is 0. The second-order valence-corrected chi connectivity index (χ2v) is 5.84. The summed E-state index contributed by atoms with van der Waals surface area (Å²) in [5, 5.41) is 5.97. The Kier molecular flexibility index (Phi) is 4.80. The van der Waals surface area contributed by atoms with E-state index in [0.717, 1.165) is 18.4 Å². The minimum atomic E-state index is -0.329. The molecule has 2 N–H and O–H groups in total. The highest BCUT2D eigenvalue weighted by Crippen LogP contribution is 2.23. The van der Waals surface area contributed by atoms with E-state index in [2.05, 4.69) is 26.6 Å². The molecule has 3 nitrogen and oxygen atoms in total. The van der Waals surface area contributed by atoms with Gasteiger partial charge in [-0.25, -0.2) is 4.39 Å². The molecule has 0 spiro atoms. The number of benzene rings is 1. The van der Waals surface area contributed by atoms with Crippen molar-refractivity contribution in [1.29, 1.82) is 0 Å². The maximum absolute atomic E-state index is 13.4. The molecule has 1 amide bonds. The predicted octanol–water partition coefficient (Wildman–Crippen LogP) is 3.37. The van der Waals surface area contributed by atoms with Crippen molar-refractivity contribution in [2.75, 3.05) is 11.9 Å². The van der Waals surface area contributed by atoms with E-state index in [9.17, 15) is 9.18 Å². The molecule has 2 rings (SSSR count). The molecule has 5 heteroatoms. The third-order valence-corrected chi connectivity index (χ3v) is 4.03. The first-order valence-electron chi connectivity index (χ1n) is 6.55. The fraction of sp³-hybridized carbons (Fsp3) is 0.500. The van der Waals surface area contributed by atoms with Crippen molar-refractivity contribution in [2.45, 2.75) is 38.6 Å². The fourth-order valence-corrected chi connectivity index (χ4v) is 2.82. The second-order valence-electron chi connectivity index (χ2n) is 4.98. The maximum atomic E-state index is 13.4. The molecule has 1 fully saturated rings. The normalized spacial score (nSPS) is 15.5. The van der Waals surface area contributed by atoms with Crippen LogP contribution in [0.15, 0.2) is 16.6 Å². The SMILES string of the molecule is Cc1cc(Br)c(F)cc1NCC(=O)NC1CCCC1. The number of aryl methyl sites for hydroxylation is 1. The zero-order valence-electron chi connectivity index (χ0n) is 10.9. The Balaban J connectivity index is 1.87. The molecule has 1 saturated carbocycles. The summed E-state index contributed by atoms with van der Waals surface area (Å²) in [5.74, 6) is -0.362. The Labute approximate surface area is 121 Å². The van der Waals surface area contributed by atoms with Crippen LogP contribution in [0, 0.1) is 12.7 Å². The summed E-state index contributed by atoms with van der Waals surface area (Å²) < 4.78 is 13.9. The molecule has 0 saturated heterocycles. The summed E-state index contributed by atoms with van der Waals surface area (Å²) in [6.07, 6.45) is 4.51. The number of anilines is 1. The van der Waals surface area contributed by atoms with Crippen LogP contribution >= 0.6 is 15.9 Å². The van der Waals surface area contributed by atoms with E-state index in [1.165, 1.54) is 18.9 Å². The van der Waals surface area contributed by atoms with Crippen LogP contribution in [0.4, 0.5) is 10.1 Å². The highest BCUT2D eigenvalue weighted by molar-refractivity contribution is 9.10. The largest absolute Gasteiger partial charge is 0.376 e. The molecule has 0 bridgehead atoms. The summed E-state index contributed by atoms with van der Waals surface area (Å²) in [5.41, 5.74) is 1.56. The number of carbonyl (C=O) groups is 1. The highest BCUT2D eigenvalue weighted by atomic mass is 79.9. The number of rotatable bonds is 4. The highest BCUT2D eigenvalue weighted by Gasteiger charge is 2.16. The van der Waals surface area contributed by atoms with Gasteiger partial charge in [0.05, 0.1) is 11.0 Å². The molecule has 104 valence electrons. The second kappa shape index (κ2) is 6.37. The maximum Gasteiger partial charge on any atom is 0.239 e. The molecule has 0 aliphatic heterocycles. The molecular weight excluding hydrogens is 311 g/mol. The molecule has 0 heterocycles. The Morgan fingerprint density at radius 3 is 2.79 bits per heavy atom. The van der Waals surface area contributed by atoms with E-state index in [4.69, 9.17) is 0 Å². The summed E-state index contributed by atoms with van der Waals surface area (Å²) >= 11 is 3.14. The van der Waals surface area contributed by atoms with E-state index in [1.807, 2.05) is 6.92 Å². The molecule has 1 aliphatic carbocycles. The first-order valence-corrected chi connectivity index (χ1v) is 7.34. The van der Waals surface area contributed by atoms with E-state index < -0.39 is 0 Å². The van der Waals surface area contributed by atoms with E-state index >= 15 is 0 Å². The van der Waals surface area contributed by atoms with Crippen LogP contribution in [0.5, 0.6) is 0 Å². The van der Waals surface area contributed by atoms with Gasteiger partial charge in [-0.1, -0.05) is 12.8 Å². The van der Waals surface area contributed by atoms with Gasteiger partial charge in [-0.3, -0.25) is 4.79 Å². The average Bonchev–Trinajstić information content (AvgIpc) is 2.85. The van der Waals surface area contributed by atoms with Gasteiger partial charge in [-0.05, 0) is 53.4 Å². The van der Waals surface area contributed by atoms with Crippen molar-refractivity contribution in [2.24, 2.45) is 0 Å². The van der Waals surface area contributed by atoms with E-state index in [0.29, 0.717) is 16.2 Å². The summed E-state index contributed by atoms with van der Waals surface area (Å²) in [6, 6.07) is 3.42. The Morgan fingerprint density at radius 2 is 2.11 bits per heavy atom. The number of carbonyl (C=O) groups excluding carboxylic acids is 1. The summed E-state index contributed by atoms with van der Waals surface area (Å²) in [4.78, 5) is 11.8. The Bertz CT molecular complexity index is 473. The molecule has 1 aromatic rings. The fourth-order valence-electron chi connectivity index (χ4n) is 2.36. The van der Waals surface area contributed by atoms with Crippen LogP contribution in [0.3, 0.4) is 0 Å². The van der Waals surface area contributed by atoms with E-state index in [1.54, 1.807) is 6.07 Å². The topological polar surface area (TPSA) is 41.1 Å². The molecule has 0 atom stereocenters. The predicted molar refractivity (Wildman–Crippen MR) is 77.7 cm³/mol. The monoisotopic (exact) mass is 328 g/mol. The molecule has 0 unspecified atom stereocenters. The minimum Gasteiger partial charge on any atom is -0.376 e. The lowest BCUT2D eigenvalue weighted by Gasteiger charge is -2.14. The molecular formula is C14H18BrFN2O. The van der Waals surface area contributed by atoms with Crippen molar-refractivity contribution in [3.05, 3.63) is 28.0 Å². The first kappa shape index (κ1) is 14.3. The average molecular weight is 329 g/mol. The van der Waals surface area contributed by atoms with Crippen molar-refractivity contribution < 1.29 is 9.18 Å². The van der Waals surface area contributed by atoms with Crippen molar-refractivity contribution in [3.63, 3.8) is 0 Å². The molecule has 1 aromatic carbocycles. The van der Waals surface area contributed by atoms with Gasteiger partial charge in [-0.15, -0.1) is 0 Å². The lowest BCUT2D eigenvalue weighted by molar-refractivity contribution is -0.120. The summed E-state index contributed by atoms with van der Waals surface area (Å²) in [6.45, 7) is 2.06. The number of halogens is 2. The van der Waals surface area contributed by atoms with Gasteiger partial charge < -0.3 is 10.6 Å². The smallest absolute Gasteiger partial charge is 0.239 e. The zero-order valence-corrected chi connectivity index (χ0v) is 12.5. The van der Waals surface area contributed by atoms with Crippen LogP contribution in [-0.2, 0) is 4.79 Å². The van der Waals surface area contributed by atoms with Crippen LogP contribution < -0.4 is 10.6 Å². The standard InChI is InChI=1S/C14H18BrFN2O/c1-9-6-11(15)12(16)7-13(9)17-8-14(19)18-10-4-2-3-5-10/h6-7,10,17H,2-5,8H2,1H3,(H,18,19). The molecule has 0 aromatic heterocycles. The van der Waals surface area contributed by atoms with Gasteiger partial charge in [0.25, 0.3) is 0 Å². The van der Waals surface area contributed by atoms with Gasteiger partial charge in [-0.2, -0.15) is 0 Å². The van der Waals surface area contributed by atoms with Crippen LogP contribution in [0.2, 0.25) is 0 Å². The third kappa shape index (κ3) is 3.93. The van der Waals surface area contributed by atoms with Gasteiger partial charge in [0.1, 0.15) is 5.82 Å². The quantitative estimate of drug-likeness (QED) is 0.889. The number of hydrogen-bond acceptors (Lipinski definition) is 2. The van der Waals surface area contributed by atoms with E-state index in [-0.39, 0.29) is 18.3 Å². The van der Waals surface area contributed by atoms with Gasteiger partial charge in [0.15, 0.2) is 0 Å². The number of amides is 1. The van der Waals surface area contributed by atoms with Crippen LogP contribution in [0.25, 0.3) is 0 Å². The number of hydrogen-bond donors (Lipinski definition) is 2. The Hall–Kier alpha value is -1.10. The third-order valence-electron chi connectivity index (χ3n) is 3.43. The molecule has 0 radical (unpaired) electrons. The van der Waals surface area contributed by atoms with Crippen molar-refractivity contribution in [3.8, 4) is 0 Å². The lowest BCUT2D eigenvalue weighted by atomic mass is 10.2. The van der Waals surface area contributed by atoms with Gasteiger partial charge in [0.2, 0.25) is 5.91 Å². The van der Waals surface area contributed by atoms with Crippen molar-refractivity contribution >= 4 is 27.5 Å². The van der Waals surface area contributed by atoms with Crippen LogP contribution in [0.1, 0.15) is 31.2 Å². The van der Waals surface area contributed by atoms with Gasteiger partial charge in [0, 0.05) is 11.7 Å². The lowest BCUT2D eigenvalue weighted by Crippen LogP contribution is -2.36. The number of nitrogens with one attached hydrogen (secondary N) is 2. The first-order chi connectivity index (χ1) is 9.06. The minimum absolute atomic E-state index is 0.0328. The van der Waals surface area contributed by atoms with Crippen LogP contribution in [-0.4, -0.2) is 18.5 Å². The van der Waals surface area contributed by atoms with Gasteiger partial charge >= 0.3 is 0 Å². The molecule has 1 aliphatic rings. The molecule has 19 heavy (non-hydrogen) atoms. The van der Waals surface area contributed by atoms with Crippen molar-refractivity contribution in [1.82, 2.24) is 5.32 Å². The Morgan fingerprint density at radius 1 is 1.42 bits per heavy atom. The zero-order chi connectivity index (χ0) is 13.8.